The van der Waals surface area contributed by atoms with Crippen LogP contribution in [0.1, 0.15) is 47.0 Å². The van der Waals surface area contributed by atoms with Crippen LogP contribution < -0.4 is 0 Å². The van der Waals surface area contributed by atoms with Crippen LogP contribution >= 0.6 is 0 Å². The van der Waals surface area contributed by atoms with Crippen molar-refractivity contribution in [3.63, 3.8) is 0 Å². The van der Waals surface area contributed by atoms with Gasteiger partial charge in [0, 0.05) is 0 Å². The highest BCUT2D eigenvalue weighted by atomic mass is 17.2. The molecule has 0 aromatic carbocycles. The Labute approximate surface area is 109 Å². The first-order chi connectivity index (χ1) is 8.25. The van der Waals surface area contributed by atoms with Gasteiger partial charge in [-0.05, 0) is 46.0 Å². The van der Waals surface area contributed by atoms with E-state index >= 15 is 0 Å². The molecule has 3 nitrogen and oxygen atoms in total. The Bertz CT molecular complexity index is 354. The number of rotatable bonds is 4. The number of hydrogen-bond acceptors (Lipinski definition) is 3. The molecule has 3 heteroatoms. The topological polar surface area (TPSA) is 38.7 Å². The summed E-state index contributed by atoms with van der Waals surface area (Å²) in [5.74, 6) is 0.331. The average molecular weight is 252 g/mol. The van der Waals surface area contributed by atoms with E-state index < -0.39 is 5.60 Å². The second kappa shape index (κ2) is 4.48. The minimum absolute atomic E-state index is 0.232. The Morgan fingerprint density at radius 2 is 2.06 bits per heavy atom. The van der Waals surface area contributed by atoms with E-state index in [-0.39, 0.29) is 11.2 Å². The van der Waals surface area contributed by atoms with Gasteiger partial charge in [0.2, 0.25) is 0 Å². The van der Waals surface area contributed by atoms with Gasteiger partial charge in [0.15, 0.2) is 0 Å². The molecule has 102 valence electrons. The lowest BCUT2D eigenvalue weighted by Gasteiger charge is -2.48. The predicted molar refractivity (Wildman–Crippen MR) is 70.9 cm³/mol. The van der Waals surface area contributed by atoms with Crippen LogP contribution in [0.15, 0.2) is 24.3 Å². The van der Waals surface area contributed by atoms with Gasteiger partial charge in [-0.1, -0.05) is 31.2 Å². The largest absolute Gasteiger partial charge is 0.386 e. The van der Waals surface area contributed by atoms with Crippen LogP contribution in [0.25, 0.3) is 0 Å². The summed E-state index contributed by atoms with van der Waals surface area (Å²) >= 11 is 0. The molecule has 18 heavy (non-hydrogen) atoms. The average Bonchev–Trinajstić information content (AvgIpc) is 2.28. The summed E-state index contributed by atoms with van der Waals surface area (Å²) in [5, 5.41) is 9.65. The lowest BCUT2D eigenvalue weighted by molar-refractivity contribution is -0.431. The van der Waals surface area contributed by atoms with Crippen LogP contribution in [0, 0.1) is 5.92 Å². The van der Waals surface area contributed by atoms with Crippen molar-refractivity contribution in [1.82, 2.24) is 0 Å². The zero-order chi connectivity index (χ0) is 13.4. The first-order valence-electron chi connectivity index (χ1n) is 6.72. The molecule has 1 N–H and O–H groups in total. The smallest absolute Gasteiger partial charge is 0.125 e. The van der Waals surface area contributed by atoms with Gasteiger partial charge >= 0.3 is 0 Å². The van der Waals surface area contributed by atoms with E-state index in [4.69, 9.17) is 9.78 Å². The molecule has 1 saturated heterocycles. The van der Waals surface area contributed by atoms with E-state index in [1.165, 1.54) is 0 Å². The molecule has 0 spiro atoms. The molecule has 2 heterocycles. The fraction of sp³-hybridized carbons (Fsp3) is 0.733. The summed E-state index contributed by atoms with van der Waals surface area (Å²) in [5.41, 5.74) is -1.27. The van der Waals surface area contributed by atoms with Gasteiger partial charge in [-0.3, -0.25) is 0 Å². The Balaban J connectivity index is 2.00. The number of aliphatic hydroxyl groups is 1. The Kier molecular flexibility index (Phi) is 3.43. The molecule has 0 saturated carbocycles. The summed E-state index contributed by atoms with van der Waals surface area (Å²) < 4.78 is 0. The third-order valence-corrected chi connectivity index (χ3v) is 3.97. The lowest BCUT2D eigenvalue weighted by atomic mass is 9.74. The van der Waals surface area contributed by atoms with Crippen molar-refractivity contribution >= 4 is 0 Å². The summed E-state index contributed by atoms with van der Waals surface area (Å²) in [4.78, 5) is 11.1. The molecule has 1 aliphatic carbocycles. The van der Waals surface area contributed by atoms with Crippen LogP contribution in [0.5, 0.6) is 0 Å². The van der Waals surface area contributed by atoms with E-state index in [9.17, 15) is 5.11 Å². The van der Waals surface area contributed by atoms with Crippen LogP contribution in [0.2, 0.25) is 0 Å². The van der Waals surface area contributed by atoms with Gasteiger partial charge in [-0.25, -0.2) is 9.78 Å². The van der Waals surface area contributed by atoms with E-state index in [1.807, 2.05) is 19.1 Å². The maximum atomic E-state index is 9.65. The summed E-state index contributed by atoms with van der Waals surface area (Å²) in [6, 6.07) is 0. The zero-order valence-electron chi connectivity index (χ0n) is 11.8. The number of allylic oxidation sites excluding steroid dienone is 1. The molecule has 3 aliphatic rings. The van der Waals surface area contributed by atoms with Crippen molar-refractivity contribution in [2.24, 2.45) is 5.92 Å². The number of fused-ring (bicyclic) bond motifs is 2. The third-order valence-electron chi connectivity index (χ3n) is 3.97. The van der Waals surface area contributed by atoms with Gasteiger partial charge in [0.1, 0.15) is 11.2 Å². The molecule has 2 bridgehead atoms. The normalized spacial score (nSPS) is 37.4. The Hall–Kier alpha value is -0.640. The summed E-state index contributed by atoms with van der Waals surface area (Å²) in [7, 11) is 0. The highest BCUT2D eigenvalue weighted by Crippen LogP contribution is 2.45. The van der Waals surface area contributed by atoms with Crippen molar-refractivity contribution in [3.05, 3.63) is 24.3 Å². The molecular weight excluding hydrogens is 228 g/mol. The maximum Gasteiger partial charge on any atom is 0.125 e. The molecule has 3 unspecified atom stereocenters. The van der Waals surface area contributed by atoms with Gasteiger partial charge in [-0.2, -0.15) is 0 Å². The molecule has 0 amide bonds. The molecule has 3 atom stereocenters. The zero-order valence-corrected chi connectivity index (χ0v) is 11.8. The molecule has 0 radical (unpaired) electrons. The highest BCUT2D eigenvalue weighted by molar-refractivity contribution is 5.18. The van der Waals surface area contributed by atoms with Crippen LogP contribution in [-0.4, -0.2) is 21.9 Å². The fourth-order valence-corrected chi connectivity index (χ4v) is 2.49. The van der Waals surface area contributed by atoms with Gasteiger partial charge in [-0.15, -0.1) is 0 Å². The second-order valence-corrected chi connectivity index (χ2v) is 6.46. The van der Waals surface area contributed by atoms with Gasteiger partial charge in [0.05, 0.1) is 5.60 Å². The van der Waals surface area contributed by atoms with Crippen LogP contribution in [0.3, 0.4) is 0 Å². The van der Waals surface area contributed by atoms with Gasteiger partial charge in [0.25, 0.3) is 0 Å². The van der Waals surface area contributed by atoms with Crippen molar-refractivity contribution in [2.75, 3.05) is 0 Å². The third kappa shape index (κ3) is 2.85. The first kappa shape index (κ1) is 13.8. The van der Waals surface area contributed by atoms with E-state index in [1.54, 1.807) is 13.8 Å². The standard InChI is InChI=1S/C15H24O3/c1-12(6-5-7-13(2,3)16)15-10-8-14(4,9-11-15)17-18-15/h5,7-8,10,12,16H,6,9,11H2,1-4H3/b7-5+. The maximum absolute atomic E-state index is 9.65. The highest BCUT2D eigenvalue weighted by Gasteiger charge is 2.48. The number of hydrogen-bond donors (Lipinski definition) is 1. The fourth-order valence-electron chi connectivity index (χ4n) is 2.49. The van der Waals surface area contributed by atoms with E-state index in [0.29, 0.717) is 5.92 Å². The minimum atomic E-state index is -0.748. The Morgan fingerprint density at radius 1 is 1.33 bits per heavy atom. The minimum Gasteiger partial charge on any atom is -0.386 e. The first-order valence-corrected chi connectivity index (χ1v) is 6.72. The van der Waals surface area contributed by atoms with Gasteiger partial charge < -0.3 is 5.11 Å². The SMILES string of the molecule is CC(C/C=C/C(C)(C)O)C12C=CC(C)(CC1)OO2. The molecule has 1 fully saturated rings. The van der Waals surface area contributed by atoms with Crippen molar-refractivity contribution in [2.45, 2.75) is 63.8 Å². The predicted octanol–water partition coefficient (Wildman–Crippen LogP) is 3.15. The molecular formula is C15H24O3. The second-order valence-electron chi connectivity index (χ2n) is 6.46. The van der Waals surface area contributed by atoms with Crippen molar-refractivity contribution < 1.29 is 14.9 Å². The van der Waals surface area contributed by atoms with E-state index in [2.05, 4.69) is 19.1 Å². The molecule has 0 aromatic heterocycles. The van der Waals surface area contributed by atoms with Crippen molar-refractivity contribution in [3.8, 4) is 0 Å². The molecule has 0 aromatic rings. The Morgan fingerprint density at radius 3 is 2.50 bits per heavy atom. The van der Waals surface area contributed by atoms with Crippen molar-refractivity contribution in [1.29, 1.82) is 0 Å². The lowest BCUT2D eigenvalue weighted by Crippen LogP contribution is -2.51. The monoisotopic (exact) mass is 252 g/mol. The summed E-state index contributed by atoms with van der Waals surface area (Å²) in [6.45, 7) is 7.76. The summed E-state index contributed by atoms with van der Waals surface area (Å²) in [6.07, 6.45) is 11.0. The van der Waals surface area contributed by atoms with Crippen LogP contribution in [-0.2, 0) is 9.78 Å². The molecule has 2 aliphatic heterocycles. The quantitative estimate of drug-likeness (QED) is 0.617. The van der Waals surface area contributed by atoms with E-state index in [0.717, 1.165) is 19.3 Å². The van der Waals surface area contributed by atoms with Crippen LogP contribution in [0.4, 0.5) is 0 Å². The molecule has 3 rings (SSSR count).